The molecular weight excluding hydrogens is 366 g/mol. The SMILES string of the molecule is COc1cc(OC)cc(C(=O)OCC(=O)NCc2ccc(OC)c(OC)c2)c1. The summed E-state index contributed by atoms with van der Waals surface area (Å²) in [5.41, 5.74) is 1.04. The zero-order valence-corrected chi connectivity index (χ0v) is 16.2. The van der Waals surface area contributed by atoms with E-state index in [-0.39, 0.29) is 12.1 Å². The van der Waals surface area contributed by atoms with E-state index in [9.17, 15) is 9.59 Å². The molecule has 150 valence electrons. The van der Waals surface area contributed by atoms with Gasteiger partial charge >= 0.3 is 5.97 Å². The first-order valence-corrected chi connectivity index (χ1v) is 8.38. The normalized spacial score (nSPS) is 10.0. The lowest BCUT2D eigenvalue weighted by atomic mass is 10.2. The second kappa shape index (κ2) is 10.1. The molecule has 1 amide bonds. The van der Waals surface area contributed by atoms with E-state index in [1.165, 1.54) is 33.5 Å². The van der Waals surface area contributed by atoms with Crippen LogP contribution in [-0.2, 0) is 16.1 Å². The van der Waals surface area contributed by atoms with Crippen LogP contribution in [0.4, 0.5) is 0 Å². The van der Waals surface area contributed by atoms with Crippen LogP contribution in [0.5, 0.6) is 23.0 Å². The zero-order chi connectivity index (χ0) is 20.5. The van der Waals surface area contributed by atoms with Crippen molar-refractivity contribution in [2.75, 3.05) is 35.0 Å². The van der Waals surface area contributed by atoms with Gasteiger partial charge in [-0.2, -0.15) is 0 Å². The Hall–Kier alpha value is -3.42. The molecule has 0 aliphatic heterocycles. The van der Waals surface area contributed by atoms with Crippen molar-refractivity contribution in [3.8, 4) is 23.0 Å². The molecule has 0 aliphatic rings. The molecule has 0 heterocycles. The van der Waals surface area contributed by atoms with Crippen LogP contribution in [0.3, 0.4) is 0 Å². The van der Waals surface area contributed by atoms with E-state index in [1.54, 1.807) is 31.4 Å². The van der Waals surface area contributed by atoms with Crippen molar-refractivity contribution in [3.05, 3.63) is 47.5 Å². The van der Waals surface area contributed by atoms with Crippen LogP contribution < -0.4 is 24.3 Å². The summed E-state index contributed by atoms with van der Waals surface area (Å²) in [4.78, 5) is 24.2. The van der Waals surface area contributed by atoms with E-state index in [2.05, 4.69) is 5.32 Å². The Morgan fingerprint density at radius 1 is 0.821 bits per heavy atom. The van der Waals surface area contributed by atoms with Gasteiger partial charge in [-0.1, -0.05) is 6.07 Å². The third-order valence-electron chi connectivity index (χ3n) is 3.86. The van der Waals surface area contributed by atoms with E-state index in [4.69, 9.17) is 23.7 Å². The average Bonchev–Trinajstić information content (AvgIpc) is 2.75. The number of carbonyl (C=O) groups excluding carboxylic acids is 2. The van der Waals surface area contributed by atoms with Crippen LogP contribution in [0.25, 0.3) is 0 Å². The third kappa shape index (κ3) is 5.54. The van der Waals surface area contributed by atoms with Gasteiger partial charge in [0.1, 0.15) is 11.5 Å². The maximum atomic E-state index is 12.2. The highest BCUT2D eigenvalue weighted by Crippen LogP contribution is 2.27. The van der Waals surface area contributed by atoms with Crippen molar-refractivity contribution in [1.82, 2.24) is 5.32 Å². The first-order valence-electron chi connectivity index (χ1n) is 8.38. The van der Waals surface area contributed by atoms with Gasteiger partial charge in [-0.05, 0) is 29.8 Å². The highest BCUT2D eigenvalue weighted by molar-refractivity contribution is 5.92. The number of carbonyl (C=O) groups is 2. The lowest BCUT2D eigenvalue weighted by Crippen LogP contribution is -2.28. The third-order valence-corrected chi connectivity index (χ3v) is 3.86. The fraction of sp³-hybridized carbons (Fsp3) is 0.300. The minimum atomic E-state index is -0.654. The molecule has 0 spiro atoms. The molecule has 2 aromatic carbocycles. The van der Waals surface area contributed by atoms with Gasteiger partial charge in [0.25, 0.3) is 5.91 Å². The average molecular weight is 389 g/mol. The number of hydrogen-bond donors (Lipinski definition) is 1. The molecule has 0 saturated heterocycles. The molecule has 0 atom stereocenters. The van der Waals surface area contributed by atoms with Crippen molar-refractivity contribution < 1.29 is 33.3 Å². The zero-order valence-electron chi connectivity index (χ0n) is 16.2. The quantitative estimate of drug-likeness (QED) is 0.657. The smallest absolute Gasteiger partial charge is 0.338 e. The standard InChI is InChI=1S/C20H23NO7/c1-24-15-8-14(9-16(10-15)25-2)20(23)28-12-19(22)21-11-13-5-6-17(26-3)18(7-13)27-4/h5-10H,11-12H2,1-4H3,(H,21,22). The molecule has 0 radical (unpaired) electrons. The number of benzene rings is 2. The van der Waals surface area contributed by atoms with Crippen molar-refractivity contribution in [1.29, 1.82) is 0 Å². The summed E-state index contributed by atoms with van der Waals surface area (Å²) in [5, 5.41) is 2.68. The Labute approximate surface area is 163 Å². The first kappa shape index (κ1) is 20.9. The monoisotopic (exact) mass is 389 g/mol. The molecule has 0 unspecified atom stereocenters. The van der Waals surface area contributed by atoms with Crippen LogP contribution in [0, 0.1) is 0 Å². The van der Waals surface area contributed by atoms with Gasteiger partial charge in [-0.3, -0.25) is 4.79 Å². The molecule has 28 heavy (non-hydrogen) atoms. The van der Waals surface area contributed by atoms with Gasteiger partial charge in [0, 0.05) is 12.6 Å². The van der Waals surface area contributed by atoms with E-state index in [0.717, 1.165) is 5.56 Å². The highest BCUT2D eigenvalue weighted by atomic mass is 16.5. The molecule has 8 nitrogen and oxygen atoms in total. The van der Waals surface area contributed by atoms with E-state index in [1.807, 2.05) is 0 Å². The van der Waals surface area contributed by atoms with E-state index >= 15 is 0 Å². The maximum Gasteiger partial charge on any atom is 0.338 e. The van der Waals surface area contributed by atoms with Crippen molar-refractivity contribution in [2.24, 2.45) is 0 Å². The number of amides is 1. The molecule has 0 aromatic heterocycles. The lowest BCUT2D eigenvalue weighted by Gasteiger charge is -2.11. The van der Waals surface area contributed by atoms with Gasteiger partial charge in [0.2, 0.25) is 0 Å². The van der Waals surface area contributed by atoms with Crippen LogP contribution in [0.15, 0.2) is 36.4 Å². The molecule has 2 rings (SSSR count). The summed E-state index contributed by atoms with van der Waals surface area (Å²) in [6.07, 6.45) is 0. The van der Waals surface area contributed by atoms with Crippen molar-refractivity contribution in [3.63, 3.8) is 0 Å². The summed E-state index contributed by atoms with van der Waals surface area (Å²) in [5.74, 6) is 0.970. The Bertz CT molecular complexity index is 813. The summed E-state index contributed by atoms with van der Waals surface area (Å²) in [6, 6.07) is 9.95. The summed E-state index contributed by atoms with van der Waals surface area (Å²) in [6.45, 7) is -0.157. The van der Waals surface area contributed by atoms with Crippen LogP contribution >= 0.6 is 0 Å². The van der Waals surface area contributed by atoms with Gasteiger partial charge in [-0.25, -0.2) is 4.79 Å². The van der Waals surface area contributed by atoms with Crippen LogP contribution in [0.2, 0.25) is 0 Å². The second-order valence-corrected chi connectivity index (χ2v) is 5.64. The summed E-state index contributed by atoms with van der Waals surface area (Å²) >= 11 is 0. The minimum absolute atomic E-state index is 0.226. The highest BCUT2D eigenvalue weighted by Gasteiger charge is 2.13. The summed E-state index contributed by atoms with van der Waals surface area (Å²) < 4.78 is 25.7. The summed E-state index contributed by atoms with van der Waals surface area (Å²) in [7, 11) is 6.04. The first-order chi connectivity index (χ1) is 13.5. The molecule has 8 heteroatoms. The Kier molecular flexibility index (Phi) is 7.50. The largest absolute Gasteiger partial charge is 0.497 e. The Morgan fingerprint density at radius 3 is 2.04 bits per heavy atom. The van der Waals surface area contributed by atoms with E-state index in [0.29, 0.717) is 23.0 Å². The Morgan fingerprint density at radius 2 is 1.46 bits per heavy atom. The molecule has 0 bridgehead atoms. The Balaban J connectivity index is 1.89. The molecular formula is C20H23NO7. The van der Waals surface area contributed by atoms with Crippen LogP contribution in [0.1, 0.15) is 15.9 Å². The fourth-order valence-electron chi connectivity index (χ4n) is 2.38. The number of methoxy groups -OCH3 is 4. The maximum absolute atomic E-state index is 12.2. The number of ether oxygens (including phenoxy) is 5. The minimum Gasteiger partial charge on any atom is -0.497 e. The molecule has 1 N–H and O–H groups in total. The van der Waals surface area contributed by atoms with Gasteiger partial charge in [0.15, 0.2) is 18.1 Å². The van der Waals surface area contributed by atoms with Crippen molar-refractivity contribution >= 4 is 11.9 Å². The predicted molar refractivity (Wildman–Crippen MR) is 101 cm³/mol. The molecule has 0 aliphatic carbocycles. The molecule has 2 aromatic rings. The fourth-order valence-corrected chi connectivity index (χ4v) is 2.38. The van der Waals surface area contributed by atoms with Gasteiger partial charge in [0.05, 0.1) is 34.0 Å². The van der Waals surface area contributed by atoms with E-state index < -0.39 is 18.5 Å². The van der Waals surface area contributed by atoms with Gasteiger partial charge < -0.3 is 29.0 Å². The number of nitrogens with one attached hydrogen (secondary N) is 1. The van der Waals surface area contributed by atoms with Crippen molar-refractivity contribution in [2.45, 2.75) is 6.54 Å². The number of rotatable bonds is 9. The predicted octanol–water partition coefficient (Wildman–Crippen LogP) is 2.19. The molecule has 0 saturated carbocycles. The number of hydrogen-bond acceptors (Lipinski definition) is 7. The lowest BCUT2D eigenvalue weighted by molar-refractivity contribution is -0.124. The van der Waals surface area contributed by atoms with Crippen LogP contribution in [-0.4, -0.2) is 46.9 Å². The molecule has 0 fully saturated rings. The number of esters is 1. The van der Waals surface area contributed by atoms with Gasteiger partial charge in [-0.15, -0.1) is 0 Å². The second-order valence-electron chi connectivity index (χ2n) is 5.64. The topological polar surface area (TPSA) is 92.3 Å².